The largest absolute Gasteiger partial charge is 0.466 e. The molecule has 96 heavy (non-hydrogen) atoms. The Morgan fingerprint density at radius 2 is 0.229 bits per heavy atom. The predicted molar refractivity (Wildman–Crippen MR) is 430 cm³/mol. The summed E-state index contributed by atoms with van der Waals surface area (Å²) >= 11 is 0. The Bertz CT molecular complexity index is 1280. The number of hydrogen-bond acceptors (Lipinski definition) is 4. The molecule has 0 fully saturated rings. The van der Waals surface area contributed by atoms with E-state index in [1.165, 1.54) is 514 Å². The van der Waals surface area contributed by atoms with Gasteiger partial charge in [-0.25, -0.2) is 0 Å². The molecule has 0 atom stereocenters. The van der Waals surface area contributed by atoms with Gasteiger partial charge in [-0.15, -0.1) is 0 Å². The molecule has 0 unspecified atom stereocenters. The van der Waals surface area contributed by atoms with Gasteiger partial charge >= 0.3 is 11.9 Å². The first-order valence-corrected chi connectivity index (χ1v) is 46.0. The predicted octanol–water partition coefficient (Wildman–Crippen LogP) is 33.7. The molecule has 4 heteroatoms. The maximum atomic E-state index is 12.2. The number of hydrogen-bond donors (Lipinski definition) is 0. The van der Waals surface area contributed by atoms with Crippen molar-refractivity contribution in [1.82, 2.24) is 0 Å². The number of esters is 2. The fraction of sp³-hybridized carbons (Fsp3) is 0.978. The Balaban J connectivity index is 3.18. The summed E-state index contributed by atoms with van der Waals surface area (Å²) in [7, 11) is 0. The molecule has 0 aromatic heterocycles. The summed E-state index contributed by atoms with van der Waals surface area (Å²) in [6.45, 7) is 5.88. The summed E-state index contributed by atoms with van der Waals surface area (Å²) < 4.78 is 11.1. The van der Waals surface area contributed by atoms with Crippen molar-refractivity contribution in [1.29, 1.82) is 0 Å². The lowest BCUT2D eigenvalue weighted by Gasteiger charge is -2.06. The number of carbonyl (C=O) groups is 2. The second-order valence-electron chi connectivity index (χ2n) is 31.9. The van der Waals surface area contributed by atoms with Crippen LogP contribution < -0.4 is 0 Å². The summed E-state index contributed by atoms with van der Waals surface area (Å²) in [5.41, 5.74) is 0. The maximum Gasteiger partial charge on any atom is 0.305 e. The Kier molecular flexibility index (Phi) is 89.0. The fourth-order valence-electron chi connectivity index (χ4n) is 15.2. The third-order valence-corrected chi connectivity index (χ3v) is 22.0. The van der Waals surface area contributed by atoms with Crippen molar-refractivity contribution in [2.45, 2.75) is 566 Å². The number of carbonyl (C=O) groups excluding carboxylic acids is 2. The molecule has 0 radical (unpaired) electrons. The van der Waals surface area contributed by atoms with Crippen molar-refractivity contribution in [2.24, 2.45) is 0 Å². The first-order chi connectivity index (χ1) is 47.7. The summed E-state index contributed by atoms with van der Waals surface area (Å²) in [5.74, 6) is 0.0661. The Morgan fingerprint density at radius 1 is 0.135 bits per heavy atom. The van der Waals surface area contributed by atoms with E-state index in [4.69, 9.17) is 9.47 Å². The van der Waals surface area contributed by atoms with Crippen LogP contribution in [0.25, 0.3) is 0 Å². The molecular formula is C92H182O4. The van der Waals surface area contributed by atoms with E-state index in [0.717, 1.165) is 25.7 Å². The molecule has 0 rings (SSSR count). The smallest absolute Gasteiger partial charge is 0.305 e. The van der Waals surface area contributed by atoms with Gasteiger partial charge in [0.25, 0.3) is 0 Å². The highest BCUT2D eigenvalue weighted by Gasteiger charge is 2.07. The van der Waals surface area contributed by atoms with Crippen LogP contribution in [0, 0.1) is 0 Å². The number of rotatable bonds is 89. The van der Waals surface area contributed by atoms with E-state index in [0.29, 0.717) is 26.1 Å². The van der Waals surface area contributed by atoms with E-state index in [9.17, 15) is 9.59 Å². The van der Waals surface area contributed by atoms with Crippen LogP contribution in [0.2, 0.25) is 0 Å². The van der Waals surface area contributed by atoms with Crippen LogP contribution in [0.1, 0.15) is 566 Å². The minimum atomic E-state index is 0.0330. The van der Waals surface area contributed by atoms with Gasteiger partial charge in [-0.2, -0.15) is 0 Å². The van der Waals surface area contributed by atoms with Gasteiger partial charge in [0, 0.05) is 12.8 Å². The van der Waals surface area contributed by atoms with Crippen molar-refractivity contribution in [3.63, 3.8) is 0 Å². The highest BCUT2D eigenvalue weighted by molar-refractivity contribution is 5.69. The maximum absolute atomic E-state index is 12.2. The second kappa shape index (κ2) is 90.0. The van der Waals surface area contributed by atoms with Crippen LogP contribution in [0.15, 0.2) is 0 Å². The van der Waals surface area contributed by atoms with Gasteiger partial charge in [-0.1, -0.05) is 528 Å². The number of ether oxygens (including phenoxy) is 2. The van der Waals surface area contributed by atoms with Crippen LogP contribution in [0.4, 0.5) is 0 Å². The van der Waals surface area contributed by atoms with Crippen LogP contribution in [-0.2, 0) is 19.1 Å². The molecule has 0 N–H and O–H groups in total. The van der Waals surface area contributed by atoms with Gasteiger partial charge in [0.2, 0.25) is 0 Å². The molecule has 0 bridgehead atoms. The molecular weight excluding hydrogens is 1170 g/mol. The average Bonchev–Trinajstić information content (AvgIpc) is 3.65. The number of unbranched alkanes of at least 4 members (excludes halogenated alkanes) is 81. The summed E-state index contributed by atoms with van der Waals surface area (Å²) in [6, 6.07) is 0. The van der Waals surface area contributed by atoms with E-state index >= 15 is 0 Å². The summed E-state index contributed by atoms with van der Waals surface area (Å²) in [5, 5.41) is 0. The van der Waals surface area contributed by atoms with Crippen LogP contribution in [0.3, 0.4) is 0 Å². The molecule has 0 saturated carbocycles. The van der Waals surface area contributed by atoms with E-state index < -0.39 is 0 Å². The summed E-state index contributed by atoms with van der Waals surface area (Å²) in [6.07, 6.45) is 119. The van der Waals surface area contributed by atoms with Gasteiger partial charge in [0.15, 0.2) is 0 Å². The van der Waals surface area contributed by atoms with Gasteiger partial charge in [0.1, 0.15) is 0 Å². The quantitative estimate of drug-likeness (QED) is 0.0450. The van der Waals surface area contributed by atoms with Gasteiger partial charge in [0.05, 0.1) is 13.2 Å². The normalized spacial score (nSPS) is 11.6. The Labute approximate surface area is 606 Å². The molecule has 0 aromatic carbocycles. The van der Waals surface area contributed by atoms with Crippen molar-refractivity contribution >= 4 is 11.9 Å². The van der Waals surface area contributed by atoms with Crippen molar-refractivity contribution in [2.75, 3.05) is 13.2 Å². The molecule has 0 aliphatic carbocycles. The molecule has 0 aliphatic heterocycles. The SMILES string of the molecule is CCCCCCCCCCCCCCCCCCCCCCCCCCCCCCOC(=O)CCCCCCCCCCCCCCCCCCCCCCCCCCCCCCC(=O)OCCCCCCCCCCCCCCCCCCCCCCCCCCCCCC. The van der Waals surface area contributed by atoms with Crippen LogP contribution in [-0.4, -0.2) is 25.2 Å². The molecule has 0 amide bonds. The second-order valence-corrected chi connectivity index (χ2v) is 31.9. The molecule has 574 valence electrons. The third-order valence-electron chi connectivity index (χ3n) is 22.0. The first-order valence-electron chi connectivity index (χ1n) is 46.0. The highest BCUT2D eigenvalue weighted by atomic mass is 16.5. The van der Waals surface area contributed by atoms with Crippen LogP contribution in [0.5, 0.6) is 0 Å². The zero-order valence-corrected chi connectivity index (χ0v) is 66.9. The molecule has 4 nitrogen and oxygen atoms in total. The van der Waals surface area contributed by atoms with E-state index in [1.54, 1.807) is 0 Å². The van der Waals surface area contributed by atoms with E-state index in [-0.39, 0.29) is 11.9 Å². The highest BCUT2D eigenvalue weighted by Crippen LogP contribution is 2.22. The fourth-order valence-corrected chi connectivity index (χ4v) is 15.2. The van der Waals surface area contributed by atoms with E-state index in [1.807, 2.05) is 0 Å². The van der Waals surface area contributed by atoms with Crippen molar-refractivity contribution in [3.05, 3.63) is 0 Å². The zero-order chi connectivity index (χ0) is 68.8. The summed E-state index contributed by atoms with van der Waals surface area (Å²) in [4.78, 5) is 24.4. The topological polar surface area (TPSA) is 52.6 Å². The Hall–Kier alpha value is -1.06. The molecule has 0 heterocycles. The van der Waals surface area contributed by atoms with Crippen molar-refractivity contribution < 1.29 is 19.1 Å². The molecule has 0 saturated heterocycles. The zero-order valence-electron chi connectivity index (χ0n) is 66.9. The molecule has 0 aromatic rings. The van der Waals surface area contributed by atoms with Gasteiger partial charge in [-0.05, 0) is 25.7 Å². The van der Waals surface area contributed by atoms with E-state index in [2.05, 4.69) is 13.8 Å². The standard InChI is InChI=1S/C92H182O4/c1-3-5-7-9-11-13-15-17-19-21-23-25-27-29-31-37-41-45-49-53-57-61-65-69-73-77-81-85-89-95-91(93)87-83-79-75-71-67-63-59-55-51-47-43-39-35-33-34-36-40-44-48-52-56-60-64-68-72-76-80-84-88-92(94)96-90-86-82-78-74-70-66-62-58-54-50-46-42-38-32-30-28-26-24-22-20-18-16-14-12-10-8-6-4-2/h3-90H2,1-2H3. The lowest BCUT2D eigenvalue weighted by atomic mass is 10.0. The monoisotopic (exact) mass is 1350 g/mol. The van der Waals surface area contributed by atoms with Crippen LogP contribution >= 0.6 is 0 Å². The molecule has 0 spiro atoms. The molecule has 0 aliphatic rings. The minimum Gasteiger partial charge on any atom is -0.466 e. The van der Waals surface area contributed by atoms with Gasteiger partial charge in [-0.3, -0.25) is 9.59 Å². The van der Waals surface area contributed by atoms with Gasteiger partial charge < -0.3 is 9.47 Å². The average molecular weight is 1350 g/mol. The first kappa shape index (κ1) is 94.9. The third kappa shape index (κ3) is 89.0. The minimum absolute atomic E-state index is 0.0330. The lowest BCUT2D eigenvalue weighted by Crippen LogP contribution is -2.05. The van der Waals surface area contributed by atoms with Crippen molar-refractivity contribution in [3.8, 4) is 0 Å². The lowest BCUT2D eigenvalue weighted by molar-refractivity contribution is -0.144. The Morgan fingerprint density at radius 3 is 0.344 bits per heavy atom.